The molecule has 0 unspecified atom stereocenters. The first-order chi connectivity index (χ1) is 8.00. The Morgan fingerprint density at radius 1 is 1.12 bits per heavy atom. The molecule has 1 aliphatic rings. The monoisotopic (exact) mass is 242 g/mol. The normalized spacial score (nSPS) is 17.1. The highest BCUT2D eigenvalue weighted by Crippen LogP contribution is 2.09. The van der Waals surface area contributed by atoms with Crippen molar-refractivity contribution in [2.24, 2.45) is 5.92 Å². The summed E-state index contributed by atoms with van der Waals surface area (Å²) < 4.78 is 0. The molecule has 1 saturated heterocycles. The smallest absolute Gasteiger partial charge is 0.407 e. The minimum absolute atomic E-state index is 0.158. The molecule has 5 heteroatoms. The van der Waals surface area contributed by atoms with Crippen molar-refractivity contribution in [2.45, 2.75) is 33.1 Å². The maximum Gasteiger partial charge on any atom is 0.407 e. The van der Waals surface area contributed by atoms with Gasteiger partial charge in [0.15, 0.2) is 0 Å². The van der Waals surface area contributed by atoms with Crippen molar-refractivity contribution in [1.82, 2.24) is 9.80 Å². The topological polar surface area (TPSA) is 60.9 Å². The fourth-order valence-corrected chi connectivity index (χ4v) is 1.93. The molecule has 17 heavy (non-hydrogen) atoms. The summed E-state index contributed by atoms with van der Waals surface area (Å²) in [5, 5.41) is 8.89. The Labute approximate surface area is 102 Å². The van der Waals surface area contributed by atoms with Gasteiger partial charge in [0, 0.05) is 32.6 Å². The Kier molecular flexibility index (Phi) is 5.25. The van der Waals surface area contributed by atoms with Crippen molar-refractivity contribution in [1.29, 1.82) is 0 Å². The number of carboxylic acid groups (broad SMARTS) is 1. The zero-order valence-corrected chi connectivity index (χ0v) is 10.7. The van der Waals surface area contributed by atoms with Crippen LogP contribution >= 0.6 is 0 Å². The van der Waals surface area contributed by atoms with Crippen molar-refractivity contribution in [3.8, 4) is 0 Å². The minimum Gasteiger partial charge on any atom is -0.465 e. The van der Waals surface area contributed by atoms with E-state index in [4.69, 9.17) is 5.11 Å². The van der Waals surface area contributed by atoms with Crippen LogP contribution in [0.25, 0.3) is 0 Å². The highest BCUT2D eigenvalue weighted by atomic mass is 16.4. The first-order valence-electron chi connectivity index (χ1n) is 6.26. The molecule has 0 spiro atoms. The molecule has 0 bridgehead atoms. The highest BCUT2D eigenvalue weighted by molar-refractivity contribution is 5.76. The number of hydrogen-bond donors (Lipinski definition) is 1. The van der Waals surface area contributed by atoms with Crippen LogP contribution in [0.3, 0.4) is 0 Å². The van der Waals surface area contributed by atoms with E-state index in [0.29, 0.717) is 38.5 Å². The molecule has 1 heterocycles. The Bertz CT molecular complexity index is 279. The highest BCUT2D eigenvalue weighted by Gasteiger charge is 2.21. The zero-order chi connectivity index (χ0) is 12.8. The second kappa shape index (κ2) is 6.47. The van der Waals surface area contributed by atoms with E-state index in [1.165, 1.54) is 4.90 Å². The zero-order valence-electron chi connectivity index (χ0n) is 10.7. The Balaban J connectivity index is 2.40. The molecule has 1 fully saturated rings. The van der Waals surface area contributed by atoms with Gasteiger partial charge in [0.25, 0.3) is 0 Å². The molecular formula is C12H22N2O3. The predicted octanol–water partition coefficient (Wildman–Crippen LogP) is 1.63. The molecule has 0 radical (unpaired) electrons. The number of nitrogens with zero attached hydrogens (tertiary/aromatic N) is 2. The number of amides is 2. The molecule has 0 aromatic heterocycles. The van der Waals surface area contributed by atoms with Crippen LogP contribution in [0, 0.1) is 5.92 Å². The van der Waals surface area contributed by atoms with Gasteiger partial charge < -0.3 is 14.9 Å². The summed E-state index contributed by atoms with van der Waals surface area (Å²) in [5.41, 5.74) is 0. The van der Waals surface area contributed by atoms with Gasteiger partial charge >= 0.3 is 6.09 Å². The summed E-state index contributed by atoms with van der Waals surface area (Å²) in [4.78, 5) is 25.9. The molecule has 2 amide bonds. The predicted molar refractivity (Wildman–Crippen MR) is 64.9 cm³/mol. The maximum absolute atomic E-state index is 11.9. The maximum atomic E-state index is 11.9. The summed E-state index contributed by atoms with van der Waals surface area (Å²) in [7, 11) is 0. The van der Waals surface area contributed by atoms with E-state index in [2.05, 4.69) is 13.8 Å². The molecule has 0 aromatic carbocycles. The second-order valence-electron chi connectivity index (χ2n) is 4.94. The number of carbonyl (C=O) groups excluding carboxylic acids is 1. The molecular weight excluding hydrogens is 220 g/mol. The van der Waals surface area contributed by atoms with Crippen molar-refractivity contribution >= 4 is 12.0 Å². The van der Waals surface area contributed by atoms with Gasteiger partial charge in [-0.05, 0) is 18.8 Å². The molecule has 0 aromatic rings. The average Bonchev–Trinajstić information content (AvgIpc) is 2.51. The van der Waals surface area contributed by atoms with Crippen LogP contribution in [0.15, 0.2) is 0 Å². The molecule has 0 atom stereocenters. The van der Waals surface area contributed by atoms with E-state index in [1.807, 2.05) is 0 Å². The van der Waals surface area contributed by atoms with Crippen LogP contribution in [-0.4, -0.2) is 53.1 Å². The largest absolute Gasteiger partial charge is 0.465 e. The molecule has 1 aliphatic heterocycles. The van der Waals surface area contributed by atoms with Gasteiger partial charge in [0.05, 0.1) is 0 Å². The lowest BCUT2D eigenvalue weighted by Crippen LogP contribution is -2.36. The van der Waals surface area contributed by atoms with Crippen LogP contribution in [-0.2, 0) is 4.79 Å². The Morgan fingerprint density at radius 3 is 2.29 bits per heavy atom. The summed E-state index contributed by atoms with van der Waals surface area (Å²) >= 11 is 0. The van der Waals surface area contributed by atoms with Gasteiger partial charge in [-0.3, -0.25) is 4.79 Å². The van der Waals surface area contributed by atoms with Crippen molar-refractivity contribution in [3.05, 3.63) is 0 Å². The van der Waals surface area contributed by atoms with Crippen LogP contribution in [0.5, 0.6) is 0 Å². The van der Waals surface area contributed by atoms with Crippen molar-refractivity contribution < 1.29 is 14.7 Å². The third-order valence-electron chi connectivity index (χ3n) is 3.05. The number of rotatable bonds is 3. The summed E-state index contributed by atoms with van der Waals surface area (Å²) in [6.07, 6.45) is 1.32. The third kappa shape index (κ3) is 4.63. The SMILES string of the molecule is CC(C)CCC(=O)N1CCCN(C(=O)O)CC1. The lowest BCUT2D eigenvalue weighted by molar-refractivity contribution is -0.131. The number of hydrogen-bond acceptors (Lipinski definition) is 2. The summed E-state index contributed by atoms with van der Waals surface area (Å²) in [6.45, 7) is 6.37. The van der Waals surface area contributed by atoms with Gasteiger partial charge in [-0.15, -0.1) is 0 Å². The molecule has 1 rings (SSSR count). The fraction of sp³-hybridized carbons (Fsp3) is 0.833. The molecule has 0 saturated carbocycles. The van der Waals surface area contributed by atoms with Crippen LogP contribution < -0.4 is 0 Å². The summed E-state index contributed by atoms with van der Waals surface area (Å²) in [5.74, 6) is 0.687. The molecule has 98 valence electrons. The van der Waals surface area contributed by atoms with E-state index in [9.17, 15) is 9.59 Å². The first kappa shape index (κ1) is 13.8. The summed E-state index contributed by atoms with van der Waals surface area (Å²) in [6, 6.07) is 0. The third-order valence-corrected chi connectivity index (χ3v) is 3.05. The second-order valence-corrected chi connectivity index (χ2v) is 4.94. The van der Waals surface area contributed by atoms with E-state index in [1.54, 1.807) is 4.90 Å². The van der Waals surface area contributed by atoms with Gasteiger partial charge in [0.1, 0.15) is 0 Å². The number of carbonyl (C=O) groups is 2. The van der Waals surface area contributed by atoms with Crippen LogP contribution in [0.4, 0.5) is 4.79 Å². The van der Waals surface area contributed by atoms with Crippen LogP contribution in [0.2, 0.25) is 0 Å². The van der Waals surface area contributed by atoms with E-state index >= 15 is 0 Å². The molecule has 1 N–H and O–H groups in total. The lowest BCUT2D eigenvalue weighted by Gasteiger charge is -2.21. The quantitative estimate of drug-likeness (QED) is 0.818. The van der Waals surface area contributed by atoms with E-state index < -0.39 is 6.09 Å². The Morgan fingerprint density at radius 2 is 1.71 bits per heavy atom. The first-order valence-corrected chi connectivity index (χ1v) is 6.26. The van der Waals surface area contributed by atoms with Crippen molar-refractivity contribution in [2.75, 3.05) is 26.2 Å². The van der Waals surface area contributed by atoms with Crippen LogP contribution in [0.1, 0.15) is 33.1 Å². The average molecular weight is 242 g/mol. The van der Waals surface area contributed by atoms with Crippen molar-refractivity contribution in [3.63, 3.8) is 0 Å². The fourth-order valence-electron chi connectivity index (χ4n) is 1.93. The standard InChI is InChI=1S/C12H22N2O3/c1-10(2)4-5-11(15)13-6-3-7-14(9-8-13)12(16)17/h10H,3-9H2,1-2H3,(H,16,17). The van der Waals surface area contributed by atoms with Gasteiger partial charge in [-0.1, -0.05) is 13.8 Å². The molecule has 5 nitrogen and oxygen atoms in total. The molecule has 0 aliphatic carbocycles. The van der Waals surface area contributed by atoms with E-state index in [0.717, 1.165) is 12.8 Å². The van der Waals surface area contributed by atoms with Gasteiger partial charge in [-0.2, -0.15) is 0 Å². The van der Waals surface area contributed by atoms with E-state index in [-0.39, 0.29) is 5.91 Å². The Hall–Kier alpha value is -1.26. The van der Waals surface area contributed by atoms with Gasteiger partial charge in [-0.25, -0.2) is 4.79 Å². The lowest BCUT2D eigenvalue weighted by atomic mass is 10.1. The minimum atomic E-state index is -0.888. The van der Waals surface area contributed by atoms with Gasteiger partial charge in [0.2, 0.25) is 5.91 Å².